The van der Waals surface area contributed by atoms with Crippen LogP contribution < -0.4 is 0 Å². The fourth-order valence-corrected chi connectivity index (χ4v) is 4.70. The molecule has 2 heteroatoms. The summed E-state index contributed by atoms with van der Waals surface area (Å²) in [5, 5.41) is 0. The van der Waals surface area contributed by atoms with Crippen LogP contribution in [0.1, 0.15) is 37.0 Å². The molecule has 0 aliphatic heterocycles. The van der Waals surface area contributed by atoms with Crippen molar-refractivity contribution < 1.29 is 4.74 Å². The highest BCUT2D eigenvalue weighted by atomic mass is 16.5. The zero-order valence-electron chi connectivity index (χ0n) is 18.2. The van der Waals surface area contributed by atoms with Gasteiger partial charge >= 0.3 is 0 Å². The fourth-order valence-electron chi connectivity index (χ4n) is 4.70. The molecule has 1 aliphatic carbocycles. The first-order chi connectivity index (χ1) is 14.7. The molecular weight excluding hydrogens is 366 g/mol. The highest BCUT2D eigenvalue weighted by molar-refractivity contribution is 5.22. The molecule has 0 aromatic heterocycles. The molecule has 1 saturated carbocycles. The Morgan fingerprint density at radius 1 is 0.767 bits per heavy atom. The summed E-state index contributed by atoms with van der Waals surface area (Å²) in [4.78, 5) is 2.67. The molecule has 30 heavy (non-hydrogen) atoms. The third kappa shape index (κ3) is 5.00. The van der Waals surface area contributed by atoms with Crippen LogP contribution in [0.2, 0.25) is 0 Å². The van der Waals surface area contributed by atoms with Crippen molar-refractivity contribution in [1.82, 2.24) is 4.90 Å². The Hall–Kier alpha value is -2.42. The molecule has 0 bridgehead atoms. The topological polar surface area (TPSA) is 12.5 Å². The summed E-state index contributed by atoms with van der Waals surface area (Å²) in [6, 6.07) is 32.2. The lowest BCUT2D eigenvalue weighted by Gasteiger charge is -2.34. The van der Waals surface area contributed by atoms with Crippen molar-refractivity contribution in [3.8, 4) is 0 Å². The summed E-state index contributed by atoms with van der Waals surface area (Å²) in [7, 11) is 0. The second kappa shape index (κ2) is 9.59. The Kier molecular flexibility index (Phi) is 6.66. The predicted octanol–water partition coefficient (Wildman–Crippen LogP) is 6.32. The van der Waals surface area contributed by atoms with Gasteiger partial charge in [-0.3, -0.25) is 4.90 Å². The molecule has 2 atom stereocenters. The van der Waals surface area contributed by atoms with E-state index in [-0.39, 0.29) is 5.54 Å². The van der Waals surface area contributed by atoms with Gasteiger partial charge in [-0.25, -0.2) is 0 Å². The van der Waals surface area contributed by atoms with Crippen molar-refractivity contribution >= 4 is 0 Å². The van der Waals surface area contributed by atoms with Gasteiger partial charge in [0.1, 0.15) is 0 Å². The average Bonchev–Trinajstić information content (AvgIpc) is 3.52. The highest BCUT2D eigenvalue weighted by Gasteiger charge is 2.59. The van der Waals surface area contributed by atoms with Gasteiger partial charge in [-0.2, -0.15) is 0 Å². The second-order valence-corrected chi connectivity index (χ2v) is 8.96. The van der Waals surface area contributed by atoms with Gasteiger partial charge in [-0.05, 0) is 34.9 Å². The fraction of sp³-hybridized carbons (Fsp3) is 0.357. The van der Waals surface area contributed by atoms with E-state index in [1.54, 1.807) is 0 Å². The minimum atomic E-state index is 0.106. The van der Waals surface area contributed by atoms with E-state index in [0.29, 0.717) is 18.4 Å². The Balaban J connectivity index is 1.55. The van der Waals surface area contributed by atoms with Crippen LogP contribution in [0.4, 0.5) is 0 Å². The largest absolute Gasteiger partial charge is 0.375 e. The van der Waals surface area contributed by atoms with Crippen molar-refractivity contribution in [3.05, 3.63) is 108 Å². The molecule has 0 saturated heterocycles. The molecule has 156 valence electrons. The molecule has 0 heterocycles. The van der Waals surface area contributed by atoms with Crippen molar-refractivity contribution in [2.75, 3.05) is 6.61 Å². The molecular formula is C28H33NO. The maximum atomic E-state index is 6.34. The first kappa shape index (κ1) is 20.8. The van der Waals surface area contributed by atoms with Gasteiger partial charge in [-0.15, -0.1) is 0 Å². The normalized spacial score (nSPS) is 20.6. The standard InChI is InChI=1S/C28H33NO/c1-23(2)27-18-28(27,22-30-21-26-16-10-5-11-17-26)29(19-24-12-6-3-7-13-24)20-25-14-8-4-9-15-25/h3-17,23,27H,18-22H2,1-2H3/t27-,28-/m0/s1. The van der Waals surface area contributed by atoms with Crippen LogP contribution in [0.3, 0.4) is 0 Å². The van der Waals surface area contributed by atoms with Crippen LogP contribution in [-0.4, -0.2) is 17.0 Å². The lowest BCUT2D eigenvalue weighted by Crippen LogP contribution is -2.42. The molecule has 0 spiro atoms. The van der Waals surface area contributed by atoms with Gasteiger partial charge in [0, 0.05) is 18.6 Å². The lowest BCUT2D eigenvalue weighted by molar-refractivity contribution is 0.0179. The lowest BCUT2D eigenvalue weighted by atomic mass is 10.0. The van der Waals surface area contributed by atoms with Crippen molar-refractivity contribution in [1.29, 1.82) is 0 Å². The maximum Gasteiger partial charge on any atom is 0.0717 e. The van der Waals surface area contributed by atoms with Gasteiger partial charge in [0.05, 0.1) is 13.2 Å². The van der Waals surface area contributed by atoms with E-state index in [4.69, 9.17) is 4.74 Å². The summed E-state index contributed by atoms with van der Waals surface area (Å²) in [6.45, 7) is 8.07. The first-order valence-electron chi connectivity index (χ1n) is 11.1. The quantitative estimate of drug-likeness (QED) is 0.395. The summed E-state index contributed by atoms with van der Waals surface area (Å²) >= 11 is 0. The Bertz CT molecular complexity index is 852. The molecule has 1 fully saturated rings. The minimum Gasteiger partial charge on any atom is -0.375 e. The number of ether oxygens (including phenoxy) is 1. The number of hydrogen-bond acceptors (Lipinski definition) is 2. The van der Waals surface area contributed by atoms with E-state index in [0.717, 1.165) is 19.7 Å². The van der Waals surface area contributed by atoms with Gasteiger partial charge in [0.2, 0.25) is 0 Å². The van der Waals surface area contributed by atoms with E-state index < -0.39 is 0 Å². The van der Waals surface area contributed by atoms with Crippen molar-refractivity contribution in [2.24, 2.45) is 11.8 Å². The summed E-state index contributed by atoms with van der Waals surface area (Å²) in [5.74, 6) is 1.32. The zero-order chi connectivity index (χ0) is 20.8. The number of rotatable bonds is 10. The van der Waals surface area contributed by atoms with E-state index in [9.17, 15) is 0 Å². The highest BCUT2D eigenvalue weighted by Crippen LogP contribution is 2.54. The van der Waals surface area contributed by atoms with Gasteiger partial charge < -0.3 is 4.74 Å². The molecule has 4 rings (SSSR count). The van der Waals surface area contributed by atoms with Crippen LogP contribution in [0.15, 0.2) is 91.0 Å². The molecule has 0 unspecified atom stereocenters. The molecule has 0 N–H and O–H groups in total. The zero-order valence-corrected chi connectivity index (χ0v) is 18.2. The molecule has 0 radical (unpaired) electrons. The average molecular weight is 400 g/mol. The van der Waals surface area contributed by atoms with Crippen LogP contribution in [-0.2, 0) is 24.4 Å². The van der Waals surface area contributed by atoms with E-state index in [1.807, 2.05) is 0 Å². The van der Waals surface area contributed by atoms with Gasteiger partial charge in [0.15, 0.2) is 0 Å². The molecule has 1 aliphatic rings. The summed E-state index contributed by atoms with van der Waals surface area (Å²) in [5.41, 5.74) is 4.08. The van der Waals surface area contributed by atoms with Gasteiger partial charge in [0.25, 0.3) is 0 Å². The second-order valence-electron chi connectivity index (χ2n) is 8.96. The molecule has 3 aromatic rings. The Labute approximate surface area is 181 Å². The molecule has 0 amide bonds. The van der Waals surface area contributed by atoms with E-state index >= 15 is 0 Å². The summed E-state index contributed by atoms with van der Waals surface area (Å²) < 4.78 is 6.34. The first-order valence-corrected chi connectivity index (χ1v) is 11.1. The molecule has 2 nitrogen and oxygen atoms in total. The monoisotopic (exact) mass is 399 g/mol. The third-order valence-electron chi connectivity index (χ3n) is 6.43. The van der Waals surface area contributed by atoms with Crippen LogP contribution in [0.5, 0.6) is 0 Å². The predicted molar refractivity (Wildman–Crippen MR) is 124 cm³/mol. The summed E-state index contributed by atoms with van der Waals surface area (Å²) in [6.07, 6.45) is 1.21. The number of nitrogens with zero attached hydrogens (tertiary/aromatic N) is 1. The minimum absolute atomic E-state index is 0.106. The van der Waals surface area contributed by atoms with Crippen molar-refractivity contribution in [2.45, 2.75) is 45.5 Å². The Morgan fingerprint density at radius 3 is 1.67 bits per heavy atom. The smallest absolute Gasteiger partial charge is 0.0717 e. The van der Waals surface area contributed by atoms with Crippen LogP contribution in [0.25, 0.3) is 0 Å². The molecule has 3 aromatic carbocycles. The Morgan fingerprint density at radius 2 is 1.23 bits per heavy atom. The van der Waals surface area contributed by atoms with E-state index in [2.05, 4.69) is 110 Å². The maximum absolute atomic E-state index is 6.34. The van der Waals surface area contributed by atoms with E-state index in [1.165, 1.54) is 23.1 Å². The number of benzene rings is 3. The third-order valence-corrected chi connectivity index (χ3v) is 6.43. The van der Waals surface area contributed by atoms with Crippen LogP contribution >= 0.6 is 0 Å². The van der Waals surface area contributed by atoms with Crippen LogP contribution in [0, 0.1) is 11.8 Å². The van der Waals surface area contributed by atoms with Crippen molar-refractivity contribution in [3.63, 3.8) is 0 Å². The number of hydrogen-bond donors (Lipinski definition) is 0. The van der Waals surface area contributed by atoms with Gasteiger partial charge in [-0.1, -0.05) is 105 Å². The SMILES string of the molecule is CC(C)[C@@H]1C[C@@]1(COCc1ccccc1)N(Cc1ccccc1)Cc1ccccc1.